The zero-order valence-corrected chi connectivity index (χ0v) is 19.6. The van der Waals surface area contributed by atoms with Crippen molar-refractivity contribution in [3.63, 3.8) is 0 Å². The molecule has 3 aromatic rings. The van der Waals surface area contributed by atoms with Gasteiger partial charge >= 0.3 is 0 Å². The molecule has 0 unspecified atom stereocenters. The maximum Gasteiger partial charge on any atom is 0.247 e. The second kappa shape index (κ2) is 9.56. The van der Waals surface area contributed by atoms with Crippen LogP contribution in [0.1, 0.15) is 73.4 Å². The van der Waals surface area contributed by atoms with Gasteiger partial charge in [0, 0.05) is 35.9 Å². The number of aromatic nitrogens is 1. The van der Waals surface area contributed by atoms with Crippen LogP contribution in [0.4, 0.5) is 0 Å². The fourth-order valence-corrected chi connectivity index (χ4v) is 5.76. The number of hydrogen-bond donors (Lipinski definition) is 1. The fraction of sp³-hybridized carbons (Fsp3) is 0.414. The quantitative estimate of drug-likeness (QED) is 0.457. The number of nitrogens with one attached hydrogen (secondary N) is 1. The summed E-state index contributed by atoms with van der Waals surface area (Å²) in [5, 5.41) is 1.28. The smallest absolute Gasteiger partial charge is 0.247 e. The van der Waals surface area contributed by atoms with E-state index in [1.807, 2.05) is 0 Å². The maximum absolute atomic E-state index is 13.2. The molecule has 0 spiro atoms. The van der Waals surface area contributed by atoms with Gasteiger partial charge in [0.25, 0.3) is 0 Å². The predicted octanol–water partition coefficient (Wildman–Crippen LogP) is 6.28. The number of rotatable bonds is 6. The summed E-state index contributed by atoms with van der Waals surface area (Å²) < 4.78 is 5.55. The lowest BCUT2D eigenvalue weighted by Crippen LogP contribution is -2.47. The van der Waals surface area contributed by atoms with Gasteiger partial charge in [-0.2, -0.15) is 0 Å². The standard InChI is InChI=1S/C29H34N2O2/c1-3-5-8-23-19-25-24-9-6-7-10-26(24)30-28(25)29(31(23)27(32)4-2)22-13-11-20(12-14-22)21-15-17-33-18-16-21/h4,6-7,9-14,21,23,29-30H,2-3,5,8,15-19H2,1H3/t23-,29-/m0/s1. The molecular weight excluding hydrogens is 408 g/mol. The van der Waals surface area contributed by atoms with Crippen LogP contribution in [0.5, 0.6) is 0 Å². The van der Waals surface area contributed by atoms with Crippen molar-refractivity contribution in [3.05, 3.63) is 83.6 Å². The van der Waals surface area contributed by atoms with Gasteiger partial charge < -0.3 is 14.6 Å². The third-order valence-corrected chi connectivity index (χ3v) is 7.50. The monoisotopic (exact) mass is 442 g/mol. The summed E-state index contributed by atoms with van der Waals surface area (Å²) in [6.45, 7) is 7.74. The Kier molecular flexibility index (Phi) is 6.37. The van der Waals surface area contributed by atoms with Crippen molar-refractivity contribution in [3.8, 4) is 0 Å². The number of ether oxygens (including phenoxy) is 1. The van der Waals surface area contributed by atoms with Gasteiger partial charge in [0.05, 0.1) is 6.04 Å². The Balaban J connectivity index is 1.60. The summed E-state index contributed by atoms with van der Waals surface area (Å²) in [5.74, 6) is 0.574. The van der Waals surface area contributed by atoms with E-state index in [2.05, 4.69) is 71.9 Å². The highest BCUT2D eigenvalue weighted by atomic mass is 16.5. The molecule has 4 nitrogen and oxygen atoms in total. The lowest BCUT2D eigenvalue weighted by atomic mass is 9.85. The van der Waals surface area contributed by atoms with Crippen LogP contribution in [0, 0.1) is 0 Å². The number of hydrogen-bond acceptors (Lipinski definition) is 2. The molecule has 0 saturated carbocycles. The fourth-order valence-electron chi connectivity index (χ4n) is 5.76. The minimum Gasteiger partial charge on any atom is -0.381 e. The minimum absolute atomic E-state index is 0.0129. The van der Waals surface area contributed by atoms with Gasteiger partial charge in [-0.25, -0.2) is 0 Å². The van der Waals surface area contributed by atoms with E-state index in [9.17, 15) is 4.79 Å². The topological polar surface area (TPSA) is 45.3 Å². The van der Waals surface area contributed by atoms with Crippen LogP contribution < -0.4 is 0 Å². The Bertz CT molecular complexity index is 1120. The number of para-hydroxylation sites is 1. The zero-order chi connectivity index (χ0) is 22.8. The Morgan fingerprint density at radius 2 is 1.85 bits per heavy atom. The molecule has 1 N–H and O–H groups in total. The summed E-state index contributed by atoms with van der Waals surface area (Å²) in [7, 11) is 0. The van der Waals surface area contributed by atoms with E-state index in [0.29, 0.717) is 5.92 Å². The molecule has 2 aliphatic heterocycles. The summed E-state index contributed by atoms with van der Waals surface area (Å²) >= 11 is 0. The first kappa shape index (κ1) is 22.0. The number of benzene rings is 2. The third-order valence-electron chi connectivity index (χ3n) is 7.50. The van der Waals surface area contributed by atoms with Crippen molar-refractivity contribution in [2.45, 2.75) is 63.5 Å². The first-order valence-electron chi connectivity index (χ1n) is 12.4. The molecule has 2 aromatic carbocycles. The van der Waals surface area contributed by atoms with Crippen LogP contribution in [0.15, 0.2) is 61.2 Å². The van der Waals surface area contributed by atoms with Crippen molar-refractivity contribution in [1.29, 1.82) is 0 Å². The summed E-state index contributed by atoms with van der Waals surface area (Å²) in [4.78, 5) is 19.0. The number of nitrogens with zero attached hydrogens (tertiary/aromatic N) is 1. The van der Waals surface area contributed by atoms with Crippen molar-refractivity contribution < 1.29 is 9.53 Å². The van der Waals surface area contributed by atoms with Gasteiger partial charge in [-0.05, 0) is 60.4 Å². The van der Waals surface area contributed by atoms with Crippen LogP contribution in [-0.2, 0) is 16.0 Å². The van der Waals surface area contributed by atoms with E-state index in [4.69, 9.17) is 4.74 Å². The average Bonchev–Trinajstić information content (AvgIpc) is 3.25. The Morgan fingerprint density at radius 1 is 1.12 bits per heavy atom. The number of unbranched alkanes of at least 4 members (excludes halogenated alkanes) is 1. The van der Waals surface area contributed by atoms with E-state index in [1.165, 1.54) is 22.6 Å². The van der Waals surface area contributed by atoms with Crippen molar-refractivity contribution in [2.24, 2.45) is 0 Å². The second-order valence-corrected chi connectivity index (χ2v) is 9.47. The van der Waals surface area contributed by atoms with Crippen molar-refractivity contribution in [1.82, 2.24) is 9.88 Å². The molecule has 1 saturated heterocycles. The van der Waals surface area contributed by atoms with Crippen LogP contribution in [0.25, 0.3) is 10.9 Å². The highest BCUT2D eigenvalue weighted by Gasteiger charge is 2.39. The SMILES string of the molecule is C=CC(=O)N1[C@@H](CCCC)Cc2c([nH]c3ccccc23)[C@@H]1c1ccc(C2CCOCC2)cc1. The van der Waals surface area contributed by atoms with Crippen molar-refractivity contribution in [2.75, 3.05) is 13.2 Å². The highest BCUT2D eigenvalue weighted by Crippen LogP contribution is 2.42. The number of carbonyl (C=O) groups excluding carboxylic acids is 1. The lowest BCUT2D eigenvalue weighted by molar-refractivity contribution is -0.131. The molecule has 5 rings (SSSR count). The third kappa shape index (κ3) is 4.13. The van der Waals surface area contributed by atoms with Gasteiger partial charge in [0.2, 0.25) is 5.91 Å². The van der Waals surface area contributed by atoms with Crippen molar-refractivity contribution >= 4 is 16.8 Å². The van der Waals surface area contributed by atoms with E-state index in [0.717, 1.165) is 68.5 Å². The molecule has 3 heterocycles. The average molecular weight is 443 g/mol. The summed E-state index contributed by atoms with van der Waals surface area (Å²) in [6.07, 6.45) is 7.76. The maximum atomic E-state index is 13.2. The number of amides is 1. The molecule has 4 heteroatoms. The van der Waals surface area contributed by atoms with Crippen LogP contribution >= 0.6 is 0 Å². The molecule has 1 aromatic heterocycles. The predicted molar refractivity (Wildman–Crippen MR) is 133 cm³/mol. The van der Waals surface area contributed by atoms with Gasteiger partial charge in [-0.1, -0.05) is 68.8 Å². The molecule has 0 bridgehead atoms. The second-order valence-electron chi connectivity index (χ2n) is 9.47. The van der Waals surface area contributed by atoms with Crippen LogP contribution in [-0.4, -0.2) is 35.0 Å². The van der Waals surface area contributed by atoms with Gasteiger partial charge in [-0.15, -0.1) is 0 Å². The number of aromatic amines is 1. The molecule has 33 heavy (non-hydrogen) atoms. The number of H-pyrrole nitrogens is 1. The first-order chi connectivity index (χ1) is 16.2. The molecule has 0 aliphatic carbocycles. The normalized spacial score (nSPS) is 21.2. The Morgan fingerprint density at radius 3 is 2.58 bits per heavy atom. The van der Waals surface area contributed by atoms with E-state index >= 15 is 0 Å². The molecule has 2 atom stereocenters. The summed E-state index contributed by atoms with van der Waals surface area (Å²) in [5.41, 5.74) is 6.19. The Labute approximate surface area is 196 Å². The number of fused-ring (bicyclic) bond motifs is 3. The molecule has 1 fully saturated rings. The molecule has 1 amide bonds. The van der Waals surface area contributed by atoms with Gasteiger partial charge in [0.15, 0.2) is 0 Å². The molecule has 2 aliphatic rings. The molecule has 172 valence electrons. The minimum atomic E-state index is -0.128. The Hall–Kier alpha value is -2.85. The molecule has 0 radical (unpaired) electrons. The van der Waals surface area contributed by atoms with Gasteiger partial charge in [0.1, 0.15) is 0 Å². The summed E-state index contributed by atoms with van der Waals surface area (Å²) in [6, 6.07) is 17.6. The zero-order valence-electron chi connectivity index (χ0n) is 19.6. The van der Waals surface area contributed by atoms with E-state index in [-0.39, 0.29) is 18.0 Å². The van der Waals surface area contributed by atoms with E-state index < -0.39 is 0 Å². The van der Waals surface area contributed by atoms with E-state index in [1.54, 1.807) is 0 Å². The van der Waals surface area contributed by atoms with Crippen LogP contribution in [0.2, 0.25) is 0 Å². The van der Waals surface area contributed by atoms with Crippen LogP contribution in [0.3, 0.4) is 0 Å². The lowest BCUT2D eigenvalue weighted by Gasteiger charge is -2.42. The van der Waals surface area contributed by atoms with Gasteiger partial charge in [-0.3, -0.25) is 4.79 Å². The highest BCUT2D eigenvalue weighted by molar-refractivity contribution is 5.90. The number of carbonyl (C=O) groups is 1. The largest absolute Gasteiger partial charge is 0.381 e. The molecular formula is C29H34N2O2. The first-order valence-corrected chi connectivity index (χ1v) is 12.4.